The summed E-state index contributed by atoms with van der Waals surface area (Å²) in [7, 11) is -2.00. The van der Waals surface area contributed by atoms with Gasteiger partial charge in [0.25, 0.3) is 0 Å². The lowest BCUT2D eigenvalue weighted by molar-refractivity contribution is 0.588. The Morgan fingerprint density at radius 3 is 2.39 bits per heavy atom. The van der Waals surface area contributed by atoms with Gasteiger partial charge in [-0.1, -0.05) is 38.3 Å². The molecular formula is C15H27IN4O2S. The van der Waals surface area contributed by atoms with E-state index in [1.807, 2.05) is 0 Å². The maximum atomic E-state index is 11.6. The Morgan fingerprint density at radius 2 is 1.83 bits per heavy atom. The first kappa shape index (κ1) is 22.1. The van der Waals surface area contributed by atoms with Gasteiger partial charge in [-0.15, -0.1) is 24.0 Å². The number of rotatable bonds is 9. The molecule has 0 fully saturated rings. The van der Waals surface area contributed by atoms with Crippen molar-refractivity contribution in [3.63, 3.8) is 0 Å². The highest BCUT2D eigenvalue weighted by atomic mass is 127. The number of nitrogens with two attached hydrogens (primary N) is 1. The minimum Gasteiger partial charge on any atom is -0.370 e. The largest absolute Gasteiger partial charge is 0.370 e. The molecule has 0 radical (unpaired) electrons. The lowest BCUT2D eigenvalue weighted by Crippen LogP contribution is -2.32. The molecule has 8 heteroatoms. The third-order valence-corrected chi connectivity index (χ3v) is 4.70. The molecule has 0 aromatic heterocycles. The molecule has 0 aliphatic heterocycles. The molecule has 23 heavy (non-hydrogen) atoms. The van der Waals surface area contributed by atoms with E-state index < -0.39 is 10.0 Å². The number of aliphatic imine (C=N–C) groups is 1. The molecule has 1 rings (SSSR count). The van der Waals surface area contributed by atoms with Crippen molar-refractivity contribution >= 4 is 40.0 Å². The summed E-state index contributed by atoms with van der Waals surface area (Å²) in [6, 6.07) is 6.60. The third-order valence-electron chi connectivity index (χ3n) is 3.27. The predicted molar refractivity (Wildman–Crippen MR) is 106 cm³/mol. The topological polar surface area (TPSA) is 96.6 Å². The second-order valence-corrected chi connectivity index (χ2v) is 6.93. The fraction of sp³-hybridized carbons (Fsp3) is 0.533. The van der Waals surface area contributed by atoms with Gasteiger partial charge < -0.3 is 11.1 Å². The molecule has 0 saturated carbocycles. The number of nitrogens with one attached hydrogen (secondary N) is 2. The van der Waals surface area contributed by atoms with Gasteiger partial charge in [0, 0.05) is 6.54 Å². The van der Waals surface area contributed by atoms with E-state index in [1.165, 1.54) is 26.3 Å². The van der Waals surface area contributed by atoms with Crippen LogP contribution in [0.2, 0.25) is 0 Å². The van der Waals surface area contributed by atoms with Crippen LogP contribution in [0, 0.1) is 0 Å². The summed E-state index contributed by atoms with van der Waals surface area (Å²) < 4.78 is 25.5. The monoisotopic (exact) mass is 454 g/mol. The second kappa shape index (κ2) is 11.6. The fourth-order valence-corrected chi connectivity index (χ4v) is 2.62. The molecule has 0 saturated heterocycles. The van der Waals surface area contributed by atoms with Gasteiger partial charge in [-0.2, -0.15) is 0 Å². The third kappa shape index (κ3) is 8.52. The Hall–Kier alpha value is -0.870. The molecule has 1 aromatic rings. The molecule has 4 N–H and O–H groups in total. The number of benzene rings is 1. The van der Waals surface area contributed by atoms with Crippen LogP contribution in [0.4, 0.5) is 0 Å². The Morgan fingerprint density at radius 1 is 1.17 bits per heavy atom. The summed E-state index contributed by atoms with van der Waals surface area (Å²) in [5, 5.41) is 3.08. The van der Waals surface area contributed by atoms with Crippen molar-refractivity contribution in [1.29, 1.82) is 0 Å². The average molecular weight is 454 g/mol. The zero-order valence-corrected chi connectivity index (χ0v) is 16.9. The standard InChI is InChI=1S/C15H26N4O2S.HI/c1-3-4-5-6-11-18-15(16)19-12-13-7-9-14(10-8-13)22(20,21)17-2;/h7-10,17H,3-6,11-12H2,1-2H3,(H3,16,18,19);1H. The molecule has 1 aromatic carbocycles. The summed E-state index contributed by atoms with van der Waals surface area (Å²) in [5.41, 5.74) is 6.70. The first-order valence-corrected chi connectivity index (χ1v) is 9.04. The van der Waals surface area contributed by atoms with Gasteiger partial charge in [-0.3, -0.25) is 0 Å². The van der Waals surface area contributed by atoms with E-state index in [2.05, 4.69) is 22.0 Å². The molecule has 0 amide bonds. The Kier molecular flexibility index (Phi) is 11.2. The van der Waals surface area contributed by atoms with Crippen molar-refractivity contribution in [2.45, 2.75) is 44.0 Å². The lowest BCUT2D eigenvalue weighted by atomic mass is 10.2. The summed E-state index contributed by atoms with van der Waals surface area (Å²) >= 11 is 0. The van der Waals surface area contributed by atoms with E-state index in [0.717, 1.165) is 18.5 Å². The van der Waals surface area contributed by atoms with Crippen molar-refractivity contribution in [2.24, 2.45) is 10.7 Å². The second-order valence-electron chi connectivity index (χ2n) is 5.04. The molecule has 0 aliphatic rings. The fourth-order valence-electron chi connectivity index (χ4n) is 1.89. The van der Waals surface area contributed by atoms with Crippen LogP contribution in [0.15, 0.2) is 34.2 Å². The van der Waals surface area contributed by atoms with Crippen LogP contribution in [0.25, 0.3) is 0 Å². The number of hydrogen-bond acceptors (Lipinski definition) is 3. The maximum absolute atomic E-state index is 11.6. The van der Waals surface area contributed by atoms with E-state index >= 15 is 0 Å². The highest BCUT2D eigenvalue weighted by Crippen LogP contribution is 2.10. The van der Waals surface area contributed by atoms with Crippen LogP contribution in [0.5, 0.6) is 0 Å². The molecular weight excluding hydrogens is 427 g/mol. The SMILES string of the molecule is CCCCCCNC(N)=NCc1ccc(S(=O)(=O)NC)cc1.I. The molecule has 0 atom stereocenters. The first-order chi connectivity index (χ1) is 10.5. The molecule has 0 aliphatic carbocycles. The normalized spacial score (nSPS) is 11.8. The smallest absolute Gasteiger partial charge is 0.240 e. The van der Waals surface area contributed by atoms with Crippen LogP contribution in [-0.4, -0.2) is 28.0 Å². The van der Waals surface area contributed by atoms with Crippen molar-refractivity contribution in [3.8, 4) is 0 Å². The number of guanidine groups is 1. The van der Waals surface area contributed by atoms with Gasteiger partial charge in [0.15, 0.2) is 5.96 Å². The minimum atomic E-state index is -3.39. The number of nitrogens with zero attached hydrogens (tertiary/aromatic N) is 1. The van der Waals surface area contributed by atoms with Gasteiger partial charge in [0.2, 0.25) is 10.0 Å². The Balaban J connectivity index is 0.00000484. The van der Waals surface area contributed by atoms with Crippen LogP contribution in [0.1, 0.15) is 38.2 Å². The zero-order chi connectivity index (χ0) is 16.4. The van der Waals surface area contributed by atoms with Gasteiger partial charge in [0.1, 0.15) is 0 Å². The number of sulfonamides is 1. The van der Waals surface area contributed by atoms with Crippen molar-refractivity contribution in [1.82, 2.24) is 10.0 Å². The Labute approximate surface area is 156 Å². The number of hydrogen-bond donors (Lipinski definition) is 3. The van der Waals surface area contributed by atoms with Crippen LogP contribution in [-0.2, 0) is 16.6 Å². The van der Waals surface area contributed by atoms with Crippen LogP contribution in [0.3, 0.4) is 0 Å². The van der Waals surface area contributed by atoms with Crippen LogP contribution >= 0.6 is 24.0 Å². The summed E-state index contributed by atoms with van der Waals surface area (Å²) in [5.74, 6) is 0.420. The average Bonchev–Trinajstić information content (AvgIpc) is 2.53. The number of halogens is 1. The summed E-state index contributed by atoms with van der Waals surface area (Å²) in [4.78, 5) is 4.48. The highest BCUT2D eigenvalue weighted by Gasteiger charge is 2.10. The van der Waals surface area contributed by atoms with Gasteiger partial charge in [-0.05, 0) is 31.2 Å². The van der Waals surface area contributed by atoms with Crippen molar-refractivity contribution in [2.75, 3.05) is 13.6 Å². The molecule has 0 unspecified atom stereocenters. The van der Waals surface area contributed by atoms with E-state index in [1.54, 1.807) is 24.3 Å². The van der Waals surface area contributed by atoms with E-state index in [-0.39, 0.29) is 28.9 Å². The molecule has 0 spiro atoms. The predicted octanol–water partition coefficient (Wildman–Crippen LogP) is 2.20. The molecule has 132 valence electrons. The Bertz CT molecular complexity index is 574. The van der Waals surface area contributed by atoms with Gasteiger partial charge >= 0.3 is 0 Å². The van der Waals surface area contributed by atoms with E-state index in [0.29, 0.717) is 12.5 Å². The van der Waals surface area contributed by atoms with E-state index in [4.69, 9.17) is 5.73 Å². The van der Waals surface area contributed by atoms with Crippen molar-refractivity contribution < 1.29 is 8.42 Å². The molecule has 6 nitrogen and oxygen atoms in total. The lowest BCUT2D eigenvalue weighted by Gasteiger charge is -2.06. The first-order valence-electron chi connectivity index (χ1n) is 7.56. The van der Waals surface area contributed by atoms with Gasteiger partial charge in [0.05, 0.1) is 11.4 Å². The van der Waals surface area contributed by atoms with Crippen LogP contribution < -0.4 is 15.8 Å². The number of unbranched alkanes of at least 4 members (excludes halogenated alkanes) is 3. The van der Waals surface area contributed by atoms with E-state index in [9.17, 15) is 8.42 Å². The quantitative estimate of drug-likeness (QED) is 0.231. The summed E-state index contributed by atoms with van der Waals surface area (Å²) in [6.45, 7) is 3.43. The van der Waals surface area contributed by atoms with Gasteiger partial charge in [-0.25, -0.2) is 18.1 Å². The molecule has 0 bridgehead atoms. The highest BCUT2D eigenvalue weighted by molar-refractivity contribution is 14.0. The molecule has 0 heterocycles. The van der Waals surface area contributed by atoms with Crippen molar-refractivity contribution in [3.05, 3.63) is 29.8 Å². The maximum Gasteiger partial charge on any atom is 0.240 e. The zero-order valence-electron chi connectivity index (χ0n) is 13.7. The summed E-state index contributed by atoms with van der Waals surface area (Å²) in [6.07, 6.45) is 4.72. The minimum absolute atomic E-state index is 0.